The third-order valence-electron chi connectivity index (χ3n) is 11.2. The van der Waals surface area contributed by atoms with Crippen molar-refractivity contribution in [2.75, 3.05) is 0 Å². The highest BCUT2D eigenvalue weighted by atomic mass is 16.3. The zero-order chi connectivity index (χ0) is 31.4. The van der Waals surface area contributed by atoms with Crippen LogP contribution in [0.15, 0.2) is 162 Å². The minimum atomic E-state index is -0.422. The van der Waals surface area contributed by atoms with Crippen LogP contribution in [0.25, 0.3) is 65.7 Å². The number of fused-ring (bicyclic) bond motifs is 3. The lowest BCUT2D eigenvalue weighted by Gasteiger charge is -2.34. The third-order valence-corrected chi connectivity index (χ3v) is 11.2. The van der Waals surface area contributed by atoms with E-state index in [2.05, 4.69) is 158 Å². The van der Waals surface area contributed by atoms with Crippen LogP contribution in [-0.4, -0.2) is 0 Å². The van der Waals surface area contributed by atoms with Crippen LogP contribution in [0.4, 0.5) is 0 Å². The molecular weight excluding hydrogens is 581 g/mol. The lowest BCUT2D eigenvalue weighted by molar-refractivity contribution is 0.647. The Labute approximate surface area is 278 Å². The van der Waals surface area contributed by atoms with E-state index in [1.807, 2.05) is 0 Å². The Kier molecular flexibility index (Phi) is 5.21. The molecule has 224 valence electrons. The normalized spacial score (nSPS) is 16.2. The predicted molar refractivity (Wildman–Crippen MR) is 199 cm³/mol. The molecule has 1 spiro atoms. The predicted octanol–water partition coefficient (Wildman–Crippen LogP) is 12.0. The molecule has 0 bridgehead atoms. The van der Waals surface area contributed by atoms with Crippen molar-refractivity contribution in [2.24, 2.45) is 0 Å². The Balaban J connectivity index is 1.34. The van der Waals surface area contributed by atoms with E-state index in [0.717, 1.165) is 24.0 Å². The van der Waals surface area contributed by atoms with Gasteiger partial charge in [-0.1, -0.05) is 146 Å². The molecule has 2 aliphatic rings. The van der Waals surface area contributed by atoms with Gasteiger partial charge in [-0.2, -0.15) is 0 Å². The fourth-order valence-corrected chi connectivity index (χ4v) is 9.36. The molecule has 0 fully saturated rings. The maximum atomic E-state index is 6.67. The van der Waals surface area contributed by atoms with E-state index in [9.17, 15) is 0 Å². The summed E-state index contributed by atoms with van der Waals surface area (Å²) in [6, 6.07) is 58.7. The summed E-state index contributed by atoms with van der Waals surface area (Å²) in [5.41, 5.74) is 14.8. The minimum absolute atomic E-state index is 0.422. The highest BCUT2D eigenvalue weighted by Crippen LogP contribution is 2.57. The largest absolute Gasteiger partial charge is 0.456 e. The zero-order valence-electron chi connectivity index (χ0n) is 26.3. The molecule has 11 rings (SSSR count). The van der Waals surface area contributed by atoms with E-state index in [-0.39, 0.29) is 0 Å². The van der Waals surface area contributed by atoms with E-state index in [0.29, 0.717) is 0 Å². The molecule has 1 atom stereocenters. The standard InChI is InChI=1S/C47H30O/c1-3-11-29(12-4-1)34-25-23-32-27-31-15-7-21-41-45(31)46-40(20-10-22-42(46)48-41)47(38-18-8-16-36(34)43(32)38)28-33-24-26-35(30-13-5-2-6-14-30)37-17-9-19-39(47)44(33)37/h1-26H,27-28H2. The van der Waals surface area contributed by atoms with Crippen molar-refractivity contribution in [3.8, 4) is 22.3 Å². The van der Waals surface area contributed by atoms with Crippen LogP contribution in [0.3, 0.4) is 0 Å². The molecule has 1 nitrogen and oxygen atoms in total. The fourth-order valence-electron chi connectivity index (χ4n) is 9.36. The van der Waals surface area contributed by atoms with Crippen molar-refractivity contribution in [1.29, 1.82) is 0 Å². The summed E-state index contributed by atoms with van der Waals surface area (Å²) in [7, 11) is 0. The molecule has 2 aliphatic carbocycles. The summed E-state index contributed by atoms with van der Waals surface area (Å²) in [6.45, 7) is 0. The van der Waals surface area contributed by atoms with Crippen molar-refractivity contribution in [3.05, 3.63) is 191 Å². The second-order valence-electron chi connectivity index (χ2n) is 13.6. The molecule has 1 heteroatoms. The summed E-state index contributed by atoms with van der Waals surface area (Å²) in [4.78, 5) is 0. The first-order chi connectivity index (χ1) is 23.8. The lowest BCUT2D eigenvalue weighted by atomic mass is 9.67. The van der Waals surface area contributed by atoms with Gasteiger partial charge < -0.3 is 4.42 Å². The van der Waals surface area contributed by atoms with E-state index in [1.54, 1.807) is 0 Å². The van der Waals surface area contributed by atoms with Gasteiger partial charge >= 0.3 is 0 Å². The number of rotatable bonds is 2. The van der Waals surface area contributed by atoms with Gasteiger partial charge in [-0.15, -0.1) is 0 Å². The van der Waals surface area contributed by atoms with Gasteiger partial charge in [0.25, 0.3) is 0 Å². The van der Waals surface area contributed by atoms with Crippen LogP contribution in [0.1, 0.15) is 33.4 Å². The number of benzene rings is 8. The first-order valence-corrected chi connectivity index (χ1v) is 16.9. The topological polar surface area (TPSA) is 13.1 Å². The average Bonchev–Trinajstić information content (AvgIpc) is 3.71. The first kappa shape index (κ1) is 26.2. The molecule has 9 aromatic rings. The molecule has 1 unspecified atom stereocenters. The second-order valence-corrected chi connectivity index (χ2v) is 13.6. The van der Waals surface area contributed by atoms with Gasteiger partial charge in [-0.05, 0) is 102 Å². The van der Waals surface area contributed by atoms with Gasteiger partial charge in [0.1, 0.15) is 11.2 Å². The summed E-state index contributed by atoms with van der Waals surface area (Å²) in [5, 5.41) is 7.91. The van der Waals surface area contributed by atoms with Crippen molar-refractivity contribution < 1.29 is 4.42 Å². The highest BCUT2D eigenvalue weighted by Gasteiger charge is 2.46. The molecule has 0 saturated heterocycles. The smallest absolute Gasteiger partial charge is 0.135 e. The van der Waals surface area contributed by atoms with Crippen molar-refractivity contribution in [2.45, 2.75) is 18.3 Å². The molecule has 0 amide bonds. The number of furan rings is 1. The quantitative estimate of drug-likeness (QED) is 0.190. The van der Waals surface area contributed by atoms with Crippen LogP contribution < -0.4 is 0 Å². The Hall–Kier alpha value is -5.92. The molecular formula is C47H30O. The van der Waals surface area contributed by atoms with Gasteiger partial charge in [0.2, 0.25) is 0 Å². The summed E-state index contributed by atoms with van der Waals surface area (Å²) < 4.78 is 6.67. The molecule has 1 heterocycles. The van der Waals surface area contributed by atoms with E-state index >= 15 is 0 Å². The number of hydrogen-bond donors (Lipinski definition) is 0. The molecule has 0 aliphatic heterocycles. The number of hydrogen-bond acceptors (Lipinski definition) is 1. The summed E-state index contributed by atoms with van der Waals surface area (Å²) in [5.74, 6) is 0. The summed E-state index contributed by atoms with van der Waals surface area (Å²) in [6.07, 6.45) is 1.73. The van der Waals surface area contributed by atoms with Crippen LogP contribution in [0, 0.1) is 0 Å². The van der Waals surface area contributed by atoms with E-state index < -0.39 is 5.41 Å². The maximum Gasteiger partial charge on any atom is 0.135 e. The average molecular weight is 611 g/mol. The van der Waals surface area contributed by atoms with E-state index in [1.165, 1.54) is 88.0 Å². The minimum Gasteiger partial charge on any atom is -0.456 e. The Morgan fingerprint density at radius 2 is 0.875 bits per heavy atom. The van der Waals surface area contributed by atoms with Gasteiger partial charge in [0.15, 0.2) is 0 Å². The van der Waals surface area contributed by atoms with Gasteiger partial charge in [-0.3, -0.25) is 0 Å². The maximum absolute atomic E-state index is 6.67. The second kappa shape index (κ2) is 9.56. The van der Waals surface area contributed by atoms with Gasteiger partial charge in [0, 0.05) is 10.8 Å². The molecule has 8 aromatic carbocycles. The molecule has 0 N–H and O–H groups in total. The molecule has 0 saturated carbocycles. The van der Waals surface area contributed by atoms with Crippen molar-refractivity contribution in [3.63, 3.8) is 0 Å². The van der Waals surface area contributed by atoms with E-state index in [4.69, 9.17) is 4.42 Å². The van der Waals surface area contributed by atoms with Crippen LogP contribution in [-0.2, 0) is 18.3 Å². The van der Waals surface area contributed by atoms with Crippen LogP contribution in [0.5, 0.6) is 0 Å². The summed E-state index contributed by atoms with van der Waals surface area (Å²) >= 11 is 0. The first-order valence-electron chi connectivity index (χ1n) is 16.9. The lowest BCUT2D eigenvalue weighted by Crippen LogP contribution is -2.29. The fraction of sp³-hybridized carbons (Fsp3) is 0.0638. The Morgan fingerprint density at radius 1 is 0.375 bits per heavy atom. The third kappa shape index (κ3) is 3.35. The Morgan fingerprint density at radius 3 is 1.52 bits per heavy atom. The SMILES string of the molecule is c1ccc(-c2ccc3c4c(cccc24)C2(Cc4ccc(-c5ccccc5)c5cccc2c45)c2cccc4oc5cccc(c5c24)C3)cc1. The molecule has 0 radical (unpaired) electrons. The Bertz CT molecular complexity index is 2770. The molecule has 48 heavy (non-hydrogen) atoms. The van der Waals surface area contributed by atoms with Crippen molar-refractivity contribution in [1.82, 2.24) is 0 Å². The van der Waals surface area contributed by atoms with Gasteiger partial charge in [0.05, 0.1) is 5.41 Å². The monoisotopic (exact) mass is 610 g/mol. The van der Waals surface area contributed by atoms with Crippen LogP contribution in [0.2, 0.25) is 0 Å². The highest BCUT2D eigenvalue weighted by molar-refractivity contribution is 6.13. The van der Waals surface area contributed by atoms with Crippen LogP contribution >= 0.6 is 0 Å². The zero-order valence-corrected chi connectivity index (χ0v) is 26.3. The molecule has 1 aromatic heterocycles. The van der Waals surface area contributed by atoms with Gasteiger partial charge in [-0.25, -0.2) is 0 Å². The van der Waals surface area contributed by atoms with Crippen molar-refractivity contribution >= 4 is 43.5 Å².